The lowest BCUT2D eigenvalue weighted by molar-refractivity contribution is -0.129. The van der Waals surface area contributed by atoms with Gasteiger partial charge in [0.05, 0.1) is 5.56 Å². The SMILES string of the molecule is CN1CC(=O)N(CC(=O)Nc2ccc(C(=O)O)cn2)C1=O. The van der Waals surface area contributed by atoms with Gasteiger partial charge in [-0.3, -0.25) is 14.5 Å². The topological polar surface area (TPSA) is 120 Å². The number of hydrogen-bond donors (Lipinski definition) is 2. The predicted octanol–water partition coefficient (Wildman–Crippen LogP) is -0.388. The lowest BCUT2D eigenvalue weighted by Crippen LogP contribution is -2.38. The molecule has 0 saturated carbocycles. The van der Waals surface area contributed by atoms with Gasteiger partial charge < -0.3 is 15.3 Å². The second kappa shape index (κ2) is 5.57. The van der Waals surface area contributed by atoms with E-state index in [1.165, 1.54) is 24.1 Å². The number of hydrogen-bond acceptors (Lipinski definition) is 5. The molecule has 1 fully saturated rings. The summed E-state index contributed by atoms with van der Waals surface area (Å²) in [5.41, 5.74) is -0.0143. The van der Waals surface area contributed by atoms with Gasteiger partial charge in [0.2, 0.25) is 5.91 Å². The number of amides is 4. The quantitative estimate of drug-likeness (QED) is 0.729. The Bertz CT molecular complexity index is 613. The molecule has 9 nitrogen and oxygen atoms in total. The van der Waals surface area contributed by atoms with Crippen LogP contribution in [0, 0.1) is 0 Å². The molecule has 0 bridgehead atoms. The Morgan fingerprint density at radius 2 is 2.10 bits per heavy atom. The fraction of sp³-hybridized carbons (Fsp3) is 0.250. The number of carbonyl (C=O) groups is 4. The second-order valence-electron chi connectivity index (χ2n) is 4.40. The van der Waals surface area contributed by atoms with Gasteiger partial charge in [-0.25, -0.2) is 14.6 Å². The van der Waals surface area contributed by atoms with E-state index in [1.807, 2.05) is 0 Å². The number of carbonyl (C=O) groups excluding carboxylic acids is 3. The molecule has 0 atom stereocenters. The summed E-state index contributed by atoms with van der Waals surface area (Å²) in [6.07, 6.45) is 1.10. The van der Waals surface area contributed by atoms with Gasteiger partial charge in [-0.2, -0.15) is 0 Å². The van der Waals surface area contributed by atoms with Crippen LogP contribution in [-0.4, -0.2) is 63.8 Å². The van der Waals surface area contributed by atoms with Gasteiger partial charge in [0.1, 0.15) is 18.9 Å². The molecule has 110 valence electrons. The molecule has 2 N–H and O–H groups in total. The minimum absolute atomic E-state index is 0.0143. The first-order chi connectivity index (χ1) is 9.88. The fourth-order valence-corrected chi connectivity index (χ4v) is 1.74. The summed E-state index contributed by atoms with van der Waals surface area (Å²) in [6.45, 7) is -0.470. The zero-order valence-electron chi connectivity index (χ0n) is 11.1. The number of imide groups is 1. The third kappa shape index (κ3) is 3.14. The summed E-state index contributed by atoms with van der Waals surface area (Å²) in [4.78, 5) is 51.3. The van der Waals surface area contributed by atoms with Crippen LogP contribution in [0.3, 0.4) is 0 Å². The van der Waals surface area contributed by atoms with Gasteiger partial charge in [0.25, 0.3) is 5.91 Å². The van der Waals surface area contributed by atoms with Crippen molar-refractivity contribution in [2.75, 3.05) is 25.5 Å². The van der Waals surface area contributed by atoms with Crippen molar-refractivity contribution in [3.05, 3.63) is 23.9 Å². The van der Waals surface area contributed by atoms with Crippen LogP contribution in [0.4, 0.5) is 10.6 Å². The molecule has 2 heterocycles. The highest BCUT2D eigenvalue weighted by Gasteiger charge is 2.34. The highest BCUT2D eigenvalue weighted by atomic mass is 16.4. The molecule has 1 aromatic heterocycles. The smallest absolute Gasteiger partial charge is 0.337 e. The van der Waals surface area contributed by atoms with E-state index < -0.39 is 30.4 Å². The number of nitrogens with zero attached hydrogens (tertiary/aromatic N) is 3. The van der Waals surface area contributed by atoms with Crippen molar-refractivity contribution >= 4 is 29.6 Å². The number of aromatic carboxylic acids is 1. The maximum Gasteiger partial charge on any atom is 0.337 e. The largest absolute Gasteiger partial charge is 0.478 e. The van der Waals surface area contributed by atoms with Gasteiger partial charge in [0.15, 0.2) is 0 Å². The third-order valence-electron chi connectivity index (χ3n) is 2.81. The minimum atomic E-state index is -1.13. The number of aromatic nitrogens is 1. The van der Waals surface area contributed by atoms with Crippen molar-refractivity contribution in [2.24, 2.45) is 0 Å². The summed E-state index contributed by atoms with van der Waals surface area (Å²) < 4.78 is 0. The number of anilines is 1. The molecular formula is C12H12N4O5. The van der Waals surface area contributed by atoms with E-state index in [0.717, 1.165) is 11.1 Å². The van der Waals surface area contributed by atoms with Gasteiger partial charge in [-0.05, 0) is 12.1 Å². The summed E-state index contributed by atoms with van der Waals surface area (Å²) in [6, 6.07) is 2.07. The van der Waals surface area contributed by atoms with Gasteiger partial charge >= 0.3 is 12.0 Å². The van der Waals surface area contributed by atoms with Gasteiger partial charge in [-0.15, -0.1) is 0 Å². The van der Waals surface area contributed by atoms with E-state index in [-0.39, 0.29) is 17.9 Å². The Kier molecular flexibility index (Phi) is 3.83. The van der Waals surface area contributed by atoms with Crippen LogP contribution in [0.15, 0.2) is 18.3 Å². The maximum atomic E-state index is 11.8. The number of pyridine rings is 1. The molecule has 1 aromatic rings. The minimum Gasteiger partial charge on any atom is -0.478 e. The Morgan fingerprint density at radius 1 is 1.38 bits per heavy atom. The Hall–Kier alpha value is -2.97. The molecule has 2 rings (SSSR count). The predicted molar refractivity (Wildman–Crippen MR) is 69.6 cm³/mol. The Balaban J connectivity index is 1.97. The zero-order chi connectivity index (χ0) is 15.6. The van der Waals surface area contributed by atoms with Crippen molar-refractivity contribution in [1.82, 2.24) is 14.8 Å². The molecule has 4 amide bonds. The molecule has 1 aliphatic heterocycles. The number of urea groups is 1. The van der Waals surface area contributed by atoms with Crippen molar-refractivity contribution in [3.8, 4) is 0 Å². The van der Waals surface area contributed by atoms with Crippen LogP contribution in [0.25, 0.3) is 0 Å². The summed E-state index contributed by atoms with van der Waals surface area (Å²) >= 11 is 0. The van der Waals surface area contributed by atoms with E-state index in [4.69, 9.17) is 5.11 Å². The van der Waals surface area contributed by atoms with Crippen molar-refractivity contribution in [2.45, 2.75) is 0 Å². The van der Waals surface area contributed by atoms with Crippen LogP contribution in [0.1, 0.15) is 10.4 Å². The van der Waals surface area contributed by atoms with E-state index in [2.05, 4.69) is 10.3 Å². The molecular weight excluding hydrogens is 280 g/mol. The molecule has 9 heteroatoms. The Morgan fingerprint density at radius 3 is 2.57 bits per heavy atom. The van der Waals surface area contributed by atoms with E-state index >= 15 is 0 Å². The van der Waals surface area contributed by atoms with Crippen molar-refractivity contribution in [3.63, 3.8) is 0 Å². The molecule has 1 aliphatic rings. The molecule has 1 saturated heterocycles. The number of carboxylic acids is 1. The monoisotopic (exact) mass is 292 g/mol. The molecule has 21 heavy (non-hydrogen) atoms. The lowest BCUT2D eigenvalue weighted by Gasteiger charge is -2.13. The lowest BCUT2D eigenvalue weighted by atomic mass is 10.3. The number of likely N-dealkylation sites (N-methyl/N-ethyl adjacent to an activating group) is 1. The van der Waals surface area contributed by atoms with E-state index in [1.54, 1.807) is 0 Å². The van der Waals surface area contributed by atoms with Crippen LogP contribution in [-0.2, 0) is 9.59 Å². The van der Waals surface area contributed by atoms with E-state index in [0.29, 0.717) is 0 Å². The highest BCUT2D eigenvalue weighted by Crippen LogP contribution is 2.09. The number of nitrogens with one attached hydrogen (secondary N) is 1. The normalized spacial score (nSPS) is 14.5. The second-order valence-corrected chi connectivity index (χ2v) is 4.40. The van der Waals surface area contributed by atoms with Crippen molar-refractivity contribution in [1.29, 1.82) is 0 Å². The fourth-order valence-electron chi connectivity index (χ4n) is 1.74. The third-order valence-corrected chi connectivity index (χ3v) is 2.81. The van der Waals surface area contributed by atoms with Gasteiger partial charge in [0, 0.05) is 13.2 Å². The average Bonchev–Trinajstić information content (AvgIpc) is 2.66. The highest BCUT2D eigenvalue weighted by molar-refractivity contribution is 6.06. The standard InChI is InChI=1S/C12H12N4O5/c1-15-6-10(18)16(12(15)21)5-9(17)14-8-3-2-7(4-13-8)11(19)20/h2-4H,5-6H2,1H3,(H,19,20)(H,13,14,17). The van der Waals surface area contributed by atoms with Crippen molar-refractivity contribution < 1.29 is 24.3 Å². The van der Waals surface area contributed by atoms with Crippen LogP contribution in [0.2, 0.25) is 0 Å². The molecule has 0 unspecified atom stereocenters. The molecule has 0 spiro atoms. The molecule has 0 aromatic carbocycles. The first-order valence-corrected chi connectivity index (χ1v) is 5.93. The Labute approximate surface area is 119 Å². The zero-order valence-corrected chi connectivity index (χ0v) is 11.1. The van der Waals surface area contributed by atoms with Crippen LogP contribution >= 0.6 is 0 Å². The summed E-state index contributed by atoms with van der Waals surface area (Å²) in [7, 11) is 1.46. The number of rotatable bonds is 4. The summed E-state index contributed by atoms with van der Waals surface area (Å²) in [5.74, 6) is -2.04. The maximum absolute atomic E-state index is 11.8. The van der Waals surface area contributed by atoms with E-state index in [9.17, 15) is 19.2 Å². The average molecular weight is 292 g/mol. The number of carboxylic acid groups (broad SMARTS) is 1. The molecule has 0 radical (unpaired) electrons. The molecule has 0 aliphatic carbocycles. The van der Waals surface area contributed by atoms with Crippen LogP contribution < -0.4 is 5.32 Å². The van der Waals surface area contributed by atoms with Gasteiger partial charge in [-0.1, -0.05) is 0 Å². The first-order valence-electron chi connectivity index (χ1n) is 5.93. The first kappa shape index (κ1) is 14.4. The summed E-state index contributed by atoms with van der Waals surface area (Å²) in [5, 5.41) is 11.1. The van der Waals surface area contributed by atoms with Crippen LogP contribution in [0.5, 0.6) is 0 Å².